The number of ether oxygens (including phenoxy) is 1. The Kier molecular flexibility index (Phi) is 6.51. The molecule has 0 fully saturated rings. The molecule has 2 nitrogen and oxygen atoms in total. The Morgan fingerprint density at radius 3 is 2.06 bits per heavy atom. The van der Waals surface area contributed by atoms with E-state index in [-0.39, 0.29) is 16.8 Å². The molecule has 2 aromatic rings. The second kappa shape index (κ2) is 8.65. The van der Waals surface area contributed by atoms with Crippen LogP contribution in [0.4, 0.5) is 0 Å². The summed E-state index contributed by atoms with van der Waals surface area (Å²) in [7, 11) is 0. The highest BCUT2D eigenvalue weighted by Crippen LogP contribution is 2.48. The summed E-state index contributed by atoms with van der Waals surface area (Å²) in [5, 5.41) is 0. The second-order valence-electron chi connectivity index (χ2n) is 10.6. The van der Waals surface area contributed by atoms with Gasteiger partial charge in [0.15, 0.2) is 0 Å². The maximum Gasteiger partial charge on any atom is 0.338 e. The lowest BCUT2D eigenvalue weighted by atomic mass is 9.62. The molecule has 2 aromatic carbocycles. The third kappa shape index (κ3) is 4.79. The van der Waals surface area contributed by atoms with E-state index in [9.17, 15) is 4.79 Å². The maximum atomic E-state index is 11.9. The summed E-state index contributed by atoms with van der Waals surface area (Å²) < 4.78 is 5.10. The molecule has 0 atom stereocenters. The molecule has 31 heavy (non-hydrogen) atoms. The zero-order chi connectivity index (χ0) is 23.0. The van der Waals surface area contributed by atoms with E-state index in [0.717, 1.165) is 5.56 Å². The summed E-state index contributed by atoms with van der Waals surface area (Å²) in [6, 6.07) is 12.6. The van der Waals surface area contributed by atoms with Crippen molar-refractivity contribution in [2.24, 2.45) is 0 Å². The van der Waals surface area contributed by atoms with E-state index in [1.54, 1.807) is 0 Å². The topological polar surface area (TPSA) is 26.3 Å². The number of carbonyl (C=O) groups excluding carboxylic acids is 1. The zero-order valence-corrected chi connectivity index (χ0v) is 20.6. The molecule has 0 aromatic heterocycles. The quantitative estimate of drug-likeness (QED) is 0.364. The Morgan fingerprint density at radius 1 is 1.00 bits per heavy atom. The smallest absolute Gasteiger partial charge is 0.338 e. The van der Waals surface area contributed by atoms with Crippen LogP contribution in [0.15, 0.2) is 36.4 Å². The first-order chi connectivity index (χ1) is 14.5. The van der Waals surface area contributed by atoms with Crippen LogP contribution in [0.25, 0.3) is 11.6 Å². The largest absolute Gasteiger partial charge is 0.462 e. The lowest BCUT2D eigenvalue weighted by molar-refractivity contribution is 0.0526. The summed E-state index contributed by atoms with van der Waals surface area (Å²) in [6.07, 6.45) is 4.67. The number of fused-ring (bicyclic) bond motifs is 1. The van der Waals surface area contributed by atoms with Crippen LogP contribution in [0, 0.1) is 0 Å². The van der Waals surface area contributed by atoms with Gasteiger partial charge in [0, 0.05) is 0 Å². The minimum atomic E-state index is -0.267. The molecule has 0 spiro atoms. The van der Waals surface area contributed by atoms with E-state index in [1.165, 1.54) is 40.7 Å². The molecule has 1 aliphatic rings. The highest BCUT2D eigenvalue weighted by molar-refractivity contribution is 5.90. The van der Waals surface area contributed by atoms with Crippen molar-refractivity contribution in [3.8, 4) is 0 Å². The minimum absolute atomic E-state index is 0.191. The van der Waals surface area contributed by atoms with Crippen molar-refractivity contribution in [3.63, 3.8) is 0 Å². The van der Waals surface area contributed by atoms with Crippen molar-refractivity contribution in [1.29, 1.82) is 0 Å². The van der Waals surface area contributed by atoms with E-state index in [2.05, 4.69) is 66.7 Å². The van der Waals surface area contributed by atoms with E-state index in [4.69, 9.17) is 4.74 Å². The van der Waals surface area contributed by atoms with Gasteiger partial charge in [-0.25, -0.2) is 4.79 Å². The molecule has 0 saturated carbocycles. The molecule has 0 amide bonds. The number of esters is 1. The van der Waals surface area contributed by atoms with Crippen molar-refractivity contribution in [2.75, 3.05) is 6.61 Å². The summed E-state index contributed by atoms with van der Waals surface area (Å²) in [5.74, 6) is 0.187. The molecule has 0 aliphatic heterocycles. The van der Waals surface area contributed by atoms with Crippen molar-refractivity contribution in [1.82, 2.24) is 0 Å². The average molecular weight is 419 g/mol. The standard InChI is InChI=1S/C29H38O2/c1-9-31-27(30)22-12-10-21(11-13-22)16-20(4)24-18-26-25(17-23(24)19(2)3)28(5,6)14-15-29(26,7)8/h10-13,16-19H,9,14-15H2,1-8H3/b20-16+. The summed E-state index contributed by atoms with van der Waals surface area (Å²) in [6.45, 7) is 18.5. The van der Waals surface area contributed by atoms with Crippen molar-refractivity contribution in [2.45, 2.75) is 85.0 Å². The van der Waals surface area contributed by atoms with Gasteiger partial charge in [0.05, 0.1) is 12.2 Å². The van der Waals surface area contributed by atoms with Crippen LogP contribution >= 0.6 is 0 Å². The van der Waals surface area contributed by atoms with Gasteiger partial charge < -0.3 is 4.74 Å². The van der Waals surface area contributed by atoms with E-state index >= 15 is 0 Å². The molecular formula is C29H38O2. The number of allylic oxidation sites excluding steroid dienone is 1. The highest BCUT2D eigenvalue weighted by atomic mass is 16.5. The predicted molar refractivity (Wildman–Crippen MR) is 132 cm³/mol. The van der Waals surface area contributed by atoms with Crippen LogP contribution in [0.3, 0.4) is 0 Å². The van der Waals surface area contributed by atoms with E-state index < -0.39 is 0 Å². The molecule has 0 unspecified atom stereocenters. The Morgan fingerprint density at radius 2 is 1.55 bits per heavy atom. The lowest BCUT2D eigenvalue weighted by Crippen LogP contribution is -2.34. The zero-order valence-electron chi connectivity index (χ0n) is 20.6. The molecule has 3 rings (SSSR count). The first-order valence-corrected chi connectivity index (χ1v) is 11.6. The Hall–Kier alpha value is -2.35. The summed E-state index contributed by atoms with van der Waals surface area (Å²) in [4.78, 5) is 11.9. The molecule has 0 saturated heterocycles. The van der Waals surface area contributed by atoms with Crippen LogP contribution < -0.4 is 0 Å². The maximum absolute atomic E-state index is 11.9. The van der Waals surface area contributed by atoms with Crippen LogP contribution in [0.5, 0.6) is 0 Å². The first kappa shape index (κ1) is 23.3. The van der Waals surface area contributed by atoms with Crippen LogP contribution in [-0.2, 0) is 15.6 Å². The molecule has 0 bridgehead atoms. The van der Waals surface area contributed by atoms with Gasteiger partial charge in [-0.3, -0.25) is 0 Å². The van der Waals surface area contributed by atoms with Gasteiger partial charge in [0.1, 0.15) is 0 Å². The van der Waals surface area contributed by atoms with Crippen LogP contribution in [0.1, 0.15) is 112 Å². The molecule has 166 valence electrons. The number of hydrogen-bond donors (Lipinski definition) is 0. The second-order valence-corrected chi connectivity index (χ2v) is 10.6. The van der Waals surface area contributed by atoms with Gasteiger partial charge in [-0.05, 0) is 89.0 Å². The first-order valence-electron chi connectivity index (χ1n) is 11.6. The highest BCUT2D eigenvalue weighted by Gasteiger charge is 2.37. The molecule has 1 aliphatic carbocycles. The van der Waals surface area contributed by atoms with Gasteiger partial charge in [-0.1, -0.05) is 71.9 Å². The summed E-state index contributed by atoms with van der Waals surface area (Å²) in [5.41, 5.74) is 9.13. The Labute approximate surface area is 188 Å². The predicted octanol–water partition coefficient (Wildman–Crippen LogP) is 7.90. The fraction of sp³-hybridized carbons (Fsp3) is 0.483. The van der Waals surface area contributed by atoms with Crippen molar-refractivity contribution < 1.29 is 9.53 Å². The lowest BCUT2D eigenvalue weighted by Gasteiger charge is -2.43. The van der Waals surface area contributed by atoms with Gasteiger partial charge >= 0.3 is 5.97 Å². The third-order valence-corrected chi connectivity index (χ3v) is 6.87. The number of benzene rings is 2. The molecular weight excluding hydrogens is 380 g/mol. The number of rotatable bonds is 5. The molecule has 2 heteroatoms. The fourth-order valence-electron chi connectivity index (χ4n) is 4.71. The van der Waals surface area contributed by atoms with E-state index in [1.807, 2.05) is 31.2 Å². The summed E-state index contributed by atoms with van der Waals surface area (Å²) >= 11 is 0. The van der Waals surface area contributed by atoms with Crippen LogP contribution in [-0.4, -0.2) is 12.6 Å². The normalized spacial score (nSPS) is 17.4. The van der Waals surface area contributed by atoms with Crippen molar-refractivity contribution >= 4 is 17.6 Å². The average Bonchev–Trinajstić information content (AvgIpc) is 2.71. The SMILES string of the molecule is CCOC(=O)c1ccc(/C=C(\C)c2cc3c(cc2C(C)C)C(C)(C)CCC3(C)C)cc1. The van der Waals surface area contributed by atoms with Gasteiger partial charge in [-0.2, -0.15) is 0 Å². The van der Waals surface area contributed by atoms with Gasteiger partial charge in [0.25, 0.3) is 0 Å². The molecule has 0 N–H and O–H groups in total. The van der Waals surface area contributed by atoms with Crippen molar-refractivity contribution in [3.05, 3.63) is 69.8 Å². The van der Waals surface area contributed by atoms with Gasteiger partial charge in [0.2, 0.25) is 0 Å². The third-order valence-electron chi connectivity index (χ3n) is 6.87. The Bertz CT molecular complexity index is 988. The molecule has 0 heterocycles. The number of hydrogen-bond acceptors (Lipinski definition) is 2. The fourth-order valence-corrected chi connectivity index (χ4v) is 4.71. The van der Waals surface area contributed by atoms with Gasteiger partial charge in [-0.15, -0.1) is 0 Å². The van der Waals surface area contributed by atoms with E-state index in [0.29, 0.717) is 18.1 Å². The molecule has 0 radical (unpaired) electrons. The monoisotopic (exact) mass is 418 g/mol. The minimum Gasteiger partial charge on any atom is -0.462 e. The Balaban J connectivity index is 2.06. The number of carbonyl (C=O) groups is 1. The van der Waals surface area contributed by atoms with Crippen LogP contribution in [0.2, 0.25) is 0 Å².